The number of carbonyl (C=O) groups is 2. The van der Waals surface area contributed by atoms with E-state index in [9.17, 15) is 9.59 Å². The standard InChI is InChI=1S/C20H28N2O5/c1-3-25-18-6-4-17(5-7-18)22(16(2)23)11-8-19(24)21-12-9-20(10-13-21)26-14-15-27-20/h4-7H,3,8-15H2,1-2H3. The average Bonchev–Trinajstić information content (AvgIpc) is 3.11. The Morgan fingerprint density at radius 3 is 2.33 bits per heavy atom. The Morgan fingerprint density at radius 2 is 1.78 bits per heavy atom. The van der Waals surface area contributed by atoms with Gasteiger partial charge in [-0.15, -0.1) is 0 Å². The second-order valence-electron chi connectivity index (χ2n) is 6.84. The highest BCUT2D eigenvalue weighted by atomic mass is 16.7. The molecule has 3 rings (SSSR count). The van der Waals surface area contributed by atoms with Crippen molar-refractivity contribution < 1.29 is 23.8 Å². The first-order chi connectivity index (χ1) is 13.0. The van der Waals surface area contributed by atoms with Crippen molar-refractivity contribution in [1.29, 1.82) is 0 Å². The zero-order valence-corrected chi connectivity index (χ0v) is 16.1. The maximum atomic E-state index is 12.6. The van der Waals surface area contributed by atoms with E-state index in [0.29, 0.717) is 58.7 Å². The second-order valence-corrected chi connectivity index (χ2v) is 6.84. The van der Waals surface area contributed by atoms with E-state index in [-0.39, 0.29) is 11.8 Å². The highest BCUT2D eigenvalue weighted by Crippen LogP contribution is 2.31. The smallest absolute Gasteiger partial charge is 0.224 e. The third-order valence-electron chi connectivity index (χ3n) is 5.08. The Morgan fingerprint density at radius 1 is 1.15 bits per heavy atom. The van der Waals surface area contributed by atoms with Gasteiger partial charge in [0.05, 0.1) is 19.8 Å². The number of rotatable bonds is 6. The van der Waals surface area contributed by atoms with Gasteiger partial charge in [0.25, 0.3) is 0 Å². The zero-order valence-electron chi connectivity index (χ0n) is 16.1. The summed E-state index contributed by atoms with van der Waals surface area (Å²) in [5.74, 6) is 0.251. The van der Waals surface area contributed by atoms with Crippen LogP contribution in [0.15, 0.2) is 24.3 Å². The SMILES string of the molecule is CCOc1ccc(N(CCC(=O)N2CCC3(CC2)OCCO3)C(C)=O)cc1. The molecule has 1 spiro atoms. The molecular formula is C20H28N2O5. The van der Waals surface area contributed by atoms with Crippen molar-refractivity contribution in [2.45, 2.75) is 38.9 Å². The van der Waals surface area contributed by atoms with Crippen LogP contribution in [0.4, 0.5) is 5.69 Å². The first-order valence-corrected chi connectivity index (χ1v) is 9.60. The predicted molar refractivity (Wildman–Crippen MR) is 101 cm³/mol. The Labute approximate surface area is 160 Å². The molecule has 2 fully saturated rings. The summed E-state index contributed by atoms with van der Waals surface area (Å²) in [6.07, 6.45) is 1.70. The molecule has 7 nitrogen and oxygen atoms in total. The largest absolute Gasteiger partial charge is 0.494 e. The fraction of sp³-hybridized carbons (Fsp3) is 0.600. The first-order valence-electron chi connectivity index (χ1n) is 9.60. The van der Waals surface area contributed by atoms with Crippen LogP contribution < -0.4 is 9.64 Å². The van der Waals surface area contributed by atoms with Gasteiger partial charge in [-0.2, -0.15) is 0 Å². The molecule has 0 bridgehead atoms. The van der Waals surface area contributed by atoms with Gasteiger partial charge in [0, 0.05) is 51.5 Å². The van der Waals surface area contributed by atoms with Crippen LogP contribution in [0.3, 0.4) is 0 Å². The van der Waals surface area contributed by atoms with Gasteiger partial charge in [-0.1, -0.05) is 0 Å². The van der Waals surface area contributed by atoms with Crippen LogP contribution in [0.5, 0.6) is 5.75 Å². The number of hydrogen-bond acceptors (Lipinski definition) is 5. The lowest BCUT2D eigenvalue weighted by molar-refractivity contribution is -0.187. The van der Waals surface area contributed by atoms with Crippen molar-refractivity contribution in [1.82, 2.24) is 4.90 Å². The number of anilines is 1. The number of likely N-dealkylation sites (tertiary alicyclic amines) is 1. The van der Waals surface area contributed by atoms with Gasteiger partial charge in [-0.25, -0.2) is 0 Å². The lowest BCUT2D eigenvalue weighted by Gasteiger charge is -2.37. The van der Waals surface area contributed by atoms with Crippen LogP contribution >= 0.6 is 0 Å². The topological polar surface area (TPSA) is 68.3 Å². The summed E-state index contributed by atoms with van der Waals surface area (Å²) >= 11 is 0. The first kappa shape index (κ1) is 19.6. The molecule has 1 aromatic rings. The molecule has 2 aliphatic rings. The molecule has 1 aromatic carbocycles. The number of carbonyl (C=O) groups excluding carboxylic acids is 2. The average molecular weight is 376 g/mol. The molecule has 0 unspecified atom stereocenters. The van der Waals surface area contributed by atoms with Gasteiger partial charge in [0.2, 0.25) is 11.8 Å². The van der Waals surface area contributed by atoms with E-state index in [0.717, 1.165) is 11.4 Å². The molecule has 27 heavy (non-hydrogen) atoms. The van der Waals surface area contributed by atoms with Crippen LogP contribution in [0.1, 0.15) is 33.1 Å². The van der Waals surface area contributed by atoms with Gasteiger partial charge >= 0.3 is 0 Å². The van der Waals surface area contributed by atoms with Crippen molar-refractivity contribution in [3.8, 4) is 5.75 Å². The van der Waals surface area contributed by atoms with E-state index in [2.05, 4.69) is 0 Å². The lowest BCUT2D eigenvalue weighted by Crippen LogP contribution is -2.48. The molecule has 2 saturated heterocycles. The second kappa shape index (κ2) is 8.71. The molecular weight excluding hydrogens is 348 g/mol. The van der Waals surface area contributed by atoms with E-state index < -0.39 is 5.79 Å². The third-order valence-corrected chi connectivity index (χ3v) is 5.08. The summed E-state index contributed by atoms with van der Waals surface area (Å²) in [6, 6.07) is 7.36. The van der Waals surface area contributed by atoms with Crippen molar-refractivity contribution in [3.63, 3.8) is 0 Å². The van der Waals surface area contributed by atoms with Crippen molar-refractivity contribution >= 4 is 17.5 Å². The summed E-state index contributed by atoms with van der Waals surface area (Å²) in [6.45, 7) is 6.90. The molecule has 0 N–H and O–H groups in total. The molecule has 2 aliphatic heterocycles. The number of piperidine rings is 1. The Balaban J connectivity index is 1.53. The molecule has 2 heterocycles. The summed E-state index contributed by atoms with van der Waals surface area (Å²) < 4.78 is 16.8. The van der Waals surface area contributed by atoms with Gasteiger partial charge in [-0.05, 0) is 31.2 Å². The number of ether oxygens (including phenoxy) is 3. The number of amides is 2. The minimum absolute atomic E-state index is 0.0556. The summed E-state index contributed by atoms with van der Waals surface area (Å²) in [5, 5.41) is 0. The van der Waals surface area contributed by atoms with Crippen LogP contribution in [0.25, 0.3) is 0 Å². The minimum Gasteiger partial charge on any atom is -0.494 e. The van der Waals surface area contributed by atoms with Crippen molar-refractivity contribution in [3.05, 3.63) is 24.3 Å². The Hall–Kier alpha value is -2.12. The summed E-state index contributed by atoms with van der Waals surface area (Å²) in [7, 11) is 0. The molecule has 0 aliphatic carbocycles. The summed E-state index contributed by atoms with van der Waals surface area (Å²) in [4.78, 5) is 28.1. The van der Waals surface area contributed by atoms with Gasteiger partial charge in [0.15, 0.2) is 5.79 Å². The van der Waals surface area contributed by atoms with E-state index in [1.54, 1.807) is 4.90 Å². The van der Waals surface area contributed by atoms with E-state index in [1.807, 2.05) is 36.1 Å². The highest BCUT2D eigenvalue weighted by molar-refractivity contribution is 5.92. The van der Waals surface area contributed by atoms with E-state index in [4.69, 9.17) is 14.2 Å². The van der Waals surface area contributed by atoms with Crippen LogP contribution in [0, 0.1) is 0 Å². The fourth-order valence-corrected chi connectivity index (χ4v) is 3.61. The minimum atomic E-state index is -0.482. The third kappa shape index (κ3) is 4.78. The van der Waals surface area contributed by atoms with Crippen molar-refractivity contribution in [2.24, 2.45) is 0 Å². The highest BCUT2D eigenvalue weighted by Gasteiger charge is 2.40. The molecule has 0 aromatic heterocycles. The van der Waals surface area contributed by atoms with Crippen LogP contribution in [-0.4, -0.2) is 62.0 Å². The molecule has 0 atom stereocenters. The molecule has 0 saturated carbocycles. The number of benzene rings is 1. The maximum Gasteiger partial charge on any atom is 0.224 e. The van der Waals surface area contributed by atoms with E-state index >= 15 is 0 Å². The molecule has 2 amide bonds. The normalized spacial score (nSPS) is 18.5. The van der Waals surface area contributed by atoms with Crippen molar-refractivity contribution in [2.75, 3.05) is 44.4 Å². The predicted octanol–water partition coefficient (Wildman–Crippen LogP) is 2.19. The molecule has 148 valence electrons. The number of hydrogen-bond donors (Lipinski definition) is 0. The lowest BCUT2D eigenvalue weighted by atomic mass is 10.0. The van der Waals surface area contributed by atoms with E-state index in [1.165, 1.54) is 6.92 Å². The number of nitrogens with zero attached hydrogens (tertiary/aromatic N) is 2. The van der Waals surface area contributed by atoms with Crippen LogP contribution in [0.2, 0.25) is 0 Å². The molecule has 7 heteroatoms. The van der Waals surface area contributed by atoms with Gasteiger partial charge in [-0.3, -0.25) is 9.59 Å². The van der Waals surface area contributed by atoms with Gasteiger partial charge in [0.1, 0.15) is 5.75 Å². The quantitative estimate of drug-likeness (QED) is 0.761. The molecule has 0 radical (unpaired) electrons. The Kier molecular flexibility index (Phi) is 6.34. The fourth-order valence-electron chi connectivity index (χ4n) is 3.61. The monoisotopic (exact) mass is 376 g/mol. The Bertz CT molecular complexity index is 645. The van der Waals surface area contributed by atoms with Gasteiger partial charge < -0.3 is 24.0 Å². The summed E-state index contributed by atoms with van der Waals surface area (Å²) in [5.41, 5.74) is 0.768. The maximum absolute atomic E-state index is 12.6. The zero-order chi connectivity index (χ0) is 19.3. The van der Waals surface area contributed by atoms with Crippen LogP contribution in [-0.2, 0) is 19.1 Å².